The molecule has 1 aliphatic rings. The monoisotopic (exact) mass is 265 g/mol. The summed E-state index contributed by atoms with van der Waals surface area (Å²) in [6, 6.07) is 5.64. The third kappa shape index (κ3) is 2.36. The standard InChI is InChI=1S/C16H24FNO/c1-5-16(6-2)14(18-4)10-15(16)19-12-8-7-11(3)13(17)9-12/h7-9,14-15,18H,5-6,10H2,1-4H3. The first-order valence-electron chi connectivity index (χ1n) is 7.17. The first-order chi connectivity index (χ1) is 9.07. The number of halogens is 1. The number of ether oxygens (including phenoxy) is 1. The summed E-state index contributed by atoms with van der Waals surface area (Å²) < 4.78 is 19.6. The lowest BCUT2D eigenvalue weighted by molar-refractivity contribution is -0.0836. The fourth-order valence-corrected chi connectivity index (χ4v) is 3.33. The molecule has 3 heteroatoms. The molecule has 2 atom stereocenters. The molecule has 2 unspecified atom stereocenters. The highest BCUT2D eigenvalue weighted by Crippen LogP contribution is 2.48. The zero-order chi connectivity index (χ0) is 14.0. The van der Waals surface area contributed by atoms with E-state index in [2.05, 4.69) is 19.2 Å². The van der Waals surface area contributed by atoms with E-state index in [0.717, 1.165) is 19.3 Å². The van der Waals surface area contributed by atoms with Crippen molar-refractivity contribution in [1.82, 2.24) is 5.32 Å². The van der Waals surface area contributed by atoms with E-state index in [1.807, 2.05) is 13.1 Å². The van der Waals surface area contributed by atoms with Crippen LogP contribution in [-0.4, -0.2) is 19.2 Å². The van der Waals surface area contributed by atoms with Crippen LogP contribution in [0.5, 0.6) is 5.75 Å². The predicted octanol–water partition coefficient (Wildman–Crippen LogP) is 3.68. The number of hydrogen-bond donors (Lipinski definition) is 1. The molecule has 0 bridgehead atoms. The lowest BCUT2D eigenvalue weighted by Crippen LogP contribution is -2.63. The third-order valence-electron chi connectivity index (χ3n) is 4.87. The van der Waals surface area contributed by atoms with Crippen molar-refractivity contribution in [1.29, 1.82) is 0 Å². The van der Waals surface area contributed by atoms with Crippen LogP contribution >= 0.6 is 0 Å². The minimum atomic E-state index is -0.194. The van der Waals surface area contributed by atoms with Crippen molar-refractivity contribution >= 4 is 0 Å². The van der Waals surface area contributed by atoms with Crippen LogP contribution in [-0.2, 0) is 0 Å². The summed E-state index contributed by atoms with van der Waals surface area (Å²) in [6.07, 6.45) is 3.33. The lowest BCUT2D eigenvalue weighted by atomic mass is 9.58. The number of rotatable bonds is 5. The van der Waals surface area contributed by atoms with Crippen LogP contribution in [0.25, 0.3) is 0 Å². The molecule has 1 fully saturated rings. The molecule has 19 heavy (non-hydrogen) atoms. The van der Waals surface area contributed by atoms with Crippen LogP contribution < -0.4 is 10.1 Å². The van der Waals surface area contributed by atoms with Crippen molar-refractivity contribution in [3.05, 3.63) is 29.6 Å². The number of aryl methyl sites for hydroxylation is 1. The van der Waals surface area contributed by atoms with Gasteiger partial charge in [0.05, 0.1) is 0 Å². The summed E-state index contributed by atoms with van der Waals surface area (Å²) >= 11 is 0. The average molecular weight is 265 g/mol. The van der Waals surface area contributed by atoms with Gasteiger partial charge < -0.3 is 10.1 Å². The third-order valence-corrected chi connectivity index (χ3v) is 4.87. The summed E-state index contributed by atoms with van der Waals surface area (Å²) in [5.41, 5.74) is 0.835. The van der Waals surface area contributed by atoms with Gasteiger partial charge in [-0.25, -0.2) is 4.39 Å². The molecule has 0 aliphatic heterocycles. The van der Waals surface area contributed by atoms with Crippen molar-refractivity contribution in [2.75, 3.05) is 7.05 Å². The van der Waals surface area contributed by atoms with Gasteiger partial charge in [-0.1, -0.05) is 19.9 Å². The molecule has 0 saturated heterocycles. The normalized spacial score (nSPS) is 24.9. The van der Waals surface area contributed by atoms with Crippen LogP contribution in [0.4, 0.5) is 4.39 Å². The molecule has 0 amide bonds. The van der Waals surface area contributed by atoms with Crippen molar-refractivity contribution in [2.45, 2.75) is 52.2 Å². The van der Waals surface area contributed by atoms with Crippen molar-refractivity contribution < 1.29 is 9.13 Å². The van der Waals surface area contributed by atoms with Gasteiger partial charge in [0.1, 0.15) is 17.7 Å². The molecule has 1 aromatic carbocycles. The Morgan fingerprint density at radius 3 is 2.58 bits per heavy atom. The maximum absolute atomic E-state index is 13.6. The van der Waals surface area contributed by atoms with E-state index in [1.54, 1.807) is 13.0 Å². The zero-order valence-electron chi connectivity index (χ0n) is 12.3. The molecular weight excluding hydrogens is 241 g/mol. The fourth-order valence-electron chi connectivity index (χ4n) is 3.33. The summed E-state index contributed by atoms with van der Waals surface area (Å²) in [5.74, 6) is 0.453. The number of hydrogen-bond acceptors (Lipinski definition) is 2. The van der Waals surface area contributed by atoms with Crippen LogP contribution in [0.15, 0.2) is 18.2 Å². The van der Waals surface area contributed by atoms with Crippen LogP contribution in [0.3, 0.4) is 0 Å². The Kier molecular flexibility index (Phi) is 4.14. The minimum Gasteiger partial charge on any atom is -0.490 e. The van der Waals surface area contributed by atoms with Gasteiger partial charge in [-0.2, -0.15) is 0 Å². The van der Waals surface area contributed by atoms with Gasteiger partial charge in [0.15, 0.2) is 0 Å². The fraction of sp³-hybridized carbons (Fsp3) is 0.625. The molecular formula is C16H24FNO. The van der Waals surface area contributed by atoms with E-state index in [0.29, 0.717) is 17.4 Å². The second kappa shape index (κ2) is 5.49. The van der Waals surface area contributed by atoms with Gasteiger partial charge in [0.25, 0.3) is 0 Å². The molecule has 2 rings (SSSR count). The zero-order valence-corrected chi connectivity index (χ0v) is 12.3. The Morgan fingerprint density at radius 2 is 2.05 bits per heavy atom. The number of benzene rings is 1. The molecule has 1 aromatic rings. The van der Waals surface area contributed by atoms with Gasteiger partial charge >= 0.3 is 0 Å². The van der Waals surface area contributed by atoms with Crippen molar-refractivity contribution in [3.63, 3.8) is 0 Å². The molecule has 2 nitrogen and oxygen atoms in total. The summed E-state index contributed by atoms with van der Waals surface area (Å²) in [4.78, 5) is 0. The van der Waals surface area contributed by atoms with E-state index in [9.17, 15) is 4.39 Å². The highest BCUT2D eigenvalue weighted by atomic mass is 19.1. The van der Waals surface area contributed by atoms with Crippen LogP contribution in [0.1, 0.15) is 38.7 Å². The van der Waals surface area contributed by atoms with Crippen LogP contribution in [0, 0.1) is 18.2 Å². The SMILES string of the molecule is CCC1(CC)C(NC)CC1Oc1ccc(C)c(F)c1. The average Bonchev–Trinajstić information content (AvgIpc) is 2.40. The van der Waals surface area contributed by atoms with Gasteiger partial charge in [-0.05, 0) is 38.4 Å². The van der Waals surface area contributed by atoms with Crippen molar-refractivity contribution in [3.8, 4) is 5.75 Å². The molecule has 106 valence electrons. The second-order valence-electron chi connectivity index (χ2n) is 5.53. The van der Waals surface area contributed by atoms with E-state index in [-0.39, 0.29) is 17.3 Å². The Hall–Kier alpha value is -1.09. The Labute approximate surface area is 115 Å². The molecule has 1 aliphatic carbocycles. The Bertz CT molecular complexity index is 442. The highest BCUT2D eigenvalue weighted by Gasteiger charge is 2.53. The van der Waals surface area contributed by atoms with Gasteiger partial charge in [0, 0.05) is 23.9 Å². The van der Waals surface area contributed by atoms with E-state index in [1.165, 1.54) is 6.07 Å². The maximum atomic E-state index is 13.6. The Morgan fingerprint density at radius 1 is 1.37 bits per heavy atom. The van der Waals surface area contributed by atoms with Crippen molar-refractivity contribution in [2.24, 2.45) is 5.41 Å². The molecule has 1 saturated carbocycles. The van der Waals surface area contributed by atoms with E-state index < -0.39 is 0 Å². The second-order valence-corrected chi connectivity index (χ2v) is 5.53. The summed E-state index contributed by atoms with van der Waals surface area (Å²) in [6.45, 7) is 6.18. The summed E-state index contributed by atoms with van der Waals surface area (Å²) in [7, 11) is 2.01. The van der Waals surface area contributed by atoms with Gasteiger partial charge in [-0.15, -0.1) is 0 Å². The molecule has 0 aromatic heterocycles. The first kappa shape index (κ1) is 14.3. The smallest absolute Gasteiger partial charge is 0.129 e. The molecule has 0 heterocycles. The molecule has 1 N–H and O–H groups in total. The lowest BCUT2D eigenvalue weighted by Gasteiger charge is -2.55. The van der Waals surface area contributed by atoms with E-state index in [4.69, 9.17) is 4.74 Å². The maximum Gasteiger partial charge on any atom is 0.129 e. The largest absolute Gasteiger partial charge is 0.490 e. The Balaban J connectivity index is 2.13. The highest BCUT2D eigenvalue weighted by molar-refractivity contribution is 5.29. The summed E-state index contributed by atoms with van der Waals surface area (Å²) in [5, 5.41) is 3.38. The topological polar surface area (TPSA) is 21.3 Å². The molecule has 0 radical (unpaired) electrons. The molecule has 0 spiro atoms. The van der Waals surface area contributed by atoms with Crippen LogP contribution in [0.2, 0.25) is 0 Å². The minimum absolute atomic E-state index is 0.177. The predicted molar refractivity (Wildman–Crippen MR) is 76.0 cm³/mol. The van der Waals surface area contributed by atoms with Gasteiger partial charge in [0.2, 0.25) is 0 Å². The first-order valence-corrected chi connectivity index (χ1v) is 7.17. The van der Waals surface area contributed by atoms with Gasteiger partial charge in [-0.3, -0.25) is 0 Å². The number of nitrogens with one attached hydrogen (secondary N) is 1. The van der Waals surface area contributed by atoms with E-state index >= 15 is 0 Å². The quantitative estimate of drug-likeness (QED) is 0.877.